The predicted molar refractivity (Wildman–Crippen MR) is 151 cm³/mol. The molecule has 1 fully saturated rings. The van der Waals surface area contributed by atoms with E-state index in [9.17, 15) is 18.3 Å². The van der Waals surface area contributed by atoms with Gasteiger partial charge in [0.05, 0.1) is 0 Å². The molecule has 0 aliphatic carbocycles. The molecule has 1 unspecified atom stereocenters. The van der Waals surface area contributed by atoms with Crippen LogP contribution in [0.3, 0.4) is 0 Å². The standard InChI is InChI=1S/C29H31N5O4S/c35-26-12-10-22(11-13-26)20-25(32-39(37,38)28-27-9-5-4-6-23(27)14-15-30-28)21-33-16-18-34(19-17-33)29(36)31-24-7-2-1-3-8-24/h1-15,25,32,35H,16-21H2,(H,31,36). The molecule has 1 aliphatic heterocycles. The van der Waals surface area contributed by atoms with E-state index < -0.39 is 16.1 Å². The van der Waals surface area contributed by atoms with E-state index in [1.54, 1.807) is 47.4 Å². The molecule has 3 aromatic carbocycles. The highest BCUT2D eigenvalue weighted by molar-refractivity contribution is 7.89. The first-order valence-electron chi connectivity index (χ1n) is 12.8. The summed E-state index contributed by atoms with van der Waals surface area (Å²) in [6, 6.07) is 24.6. The number of piperazine rings is 1. The SMILES string of the molecule is O=C(Nc1ccccc1)N1CCN(CC(Cc2ccc(O)cc2)NS(=O)(=O)c2nccc3ccccc23)CC1. The molecule has 5 rings (SSSR count). The van der Waals surface area contributed by atoms with Gasteiger partial charge in [-0.1, -0.05) is 54.6 Å². The largest absolute Gasteiger partial charge is 0.508 e. The molecule has 2 heterocycles. The van der Waals surface area contributed by atoms with Gasteiger partial charge in [-0.05, 0) is 47.7 Å². The number of carbonyl (C=O) groups excluding carboxylic acids is 1. The molecule has 1 aliphatic rings. The van der Waals surface area contributed by atoms with Crippen LogP contribution in [0, 0.1) is 0 Å². The van der Waals surface area contributed by atoms with Crippen LogP contribution < -0.4 is 10.0 Å². The summed E-state index contributed by atoms with van der Waals surface area (Å²) in [4.78, 5) is 20.8. The van der Waals surface area contributed by atoms with Crippen molar-refractivity contribution in [3.63, 3.8) is 0 Å². The van der Waals surface area contributed by atoms with Crippen molar-refractivity contribution in [3.05, 3.63) is 96.7 Å². The van der Waals surface area contributed by atoms with Gasteiger partial charge in [-0.3, -0.25) is 4.90 Å². The minimum Gasteiger partial charge on any atom is -0.508 e. The highest BCUT2D eigenvalue weighted by Gasteiger charge is 2.28. The van der Waals surface area contributed by atoms with Crippen molar-refractivity contribution in [2.24, 2.45) is 0 Å². The van der Waals surface area contributed by atoms with E-state index in [-0.39, 0.29) is 16.8 Å². The number of benzene rings is 3. The monoisotopic (exact) mass is 545 g/mol. The lowest BCUT2D eigenvalue weighted by Gasteiger charge is -2.36. The molecule has 1 saturated heterocycles. The number of aromatic hydroxyl groups is 1. The second-order valence-corrected chi connectivity index (χ2v) is 11.2. The van der Waals surface area contributed by atoms with E-state index in [1.807, 2.05) is 42.5 Å². The Morgan fingerprint density at radius 3 is 2.33 bits per heavy atom. The van der Waals surface area contributed by atoms with Gasteiger partial charge in [0, 0.05) is 56.0 Å². The molecule has 0 radical (unpaired) electrons. The number of rotatable bonds is 8. The number of aromatic nitrogens is 1. The molecule has 202 valence electrons. The minimum atomic E-state index is -3.94. The molecule has 0 bridgehead atoms. The number of carbonyl (C=O) groups is 1. The van der Waals surface area contributed by atoms with Crippen LogP contribution in [0.2, 0.25) is 0 Å². The van der Waals surface area contributed by atoms with E-state index in [4.69, 9.17) is 0 Å². The van der Waals surface area contributed by atoms with E-state index in [0.717, 1.165) is 16.6 Å². The van der Waals surface area contributed by atoms with Gasteiger partial charge < -0.3 is 15.3 Å². The maximum atomic E-state index is 13.6. The molecule has 10 heteroatoms. The van der Waals surface area contributed by atoms with Crippen molar-refractivity contribution in [2.75, 3.05) is 38.0 Å². The second-order valence-electron chi connectivity index (χ2n) is 9.61. The second kappa shape index (κ2) is 11.8. The fourth-order valence-electron chi connectivity index (χ4n) is 4.81. The third kappa shape index (κ3) is 6.72. The number of pyridine rings is 1. The Bertz CT molecular complexity index is 1520. The van der Waals surface area contributed by atoms with Gasteiger partial charge in [-0.15, -0.1) is 0 Å². The van der Waals surface area contributed by atoms with Crippen LogP contribution in [0.15, 0.2) is 96.2 Å². The summed E-state index contributed by atoms with van der Waals surface area (Å²) in [7, 11) is -3.94. The molecule has 0 saturated carbocycles. The average molecular weight is 546 g/mol. The Balaban J connectivity index is 1.29. The van der Waals surface area contributed by atoms with Crippen LogP contribution in [0.5, 0.6) is 5.75 Å². The summed E-state index contributed by atoms with van der Waals surface area (Å²) in [6.07, 6.45) is 1.94. The number of sulfonamides is 1. The van der Waals surface area contributed by atoms with Crippen molar-refractivity contribution < 1.29 is 18.3 Å². The molecule has 2 amide bonds. The van der Waals surface area contributed by atoms with Crippen molar-refractivity contribution in [2.45, 2.75) is 17.5 Å². The highest BCUT2D eigenvalue weighted by atomic mass is 32.2. The number of phenolic OH excluding ortho intramolecular Hbond substituents is 1. The fourth-order valence-corrected chi connectivity index (χ4v) is 6.19. The fraction of sp³-hybridized carbons (Fsp3) is 0.241. The summed E-state index contributed by atoms with van der Waals surface area (Å²) in [5.74, 6) is 0.153. The number of hydrogen-bond donors (Lipinski definition) is 3. The summed E-state index contributed by atoms with van der Waals surface area (Å²) in [5.41, 5.74) is 1.64. The number of nitrogens with zero attached hydrogens (tertiary/aromatic N) is 3. The third-order valence-corrected chi connectivity index (χ3v) is 8.27. The summed E-state index contributed by atoms with van der Waals surface area (Å²) in [5, 5.41) is 14.0. The van der Waals surface area contributed by atoms with Gasteiger partial charge in [0.2, 0.25) is 0 Å². The summed E-state index contributed by atoms with van der Waals surface area (Å²) < 4.78 is 30.0. The number of hydrogen-bond acceptors (Lipinski definition) is 6. The van der Waals surface area contributed by atoms with Crippen LogP contribution in [0.1, 0.15) is 5.56 Å². The van der Waals surface area contributed by atoms with E-state index in [0.29, 0.717) is 44.5 Å². The van der Waals surface area contributed by atoms with Crippen molar-refractivity contribution in [1.82, 2.24) is 19.5 Å². The Morgan fingerprint density at radius 1 is 0.897 bits per heavy atom. The van der Waals surface area contributed by atoms with Crippen molar-refractivity contribution in [3.8, 4) is 5.75 Å². The minimum absolute atomic E-state index is 0.00120. The molecule has 3 N–H and O–H groups in total. The Morgan fingerprint density at radius 2 is 1.59 bits per heavy atom. The number of urea groups is 1. The molecular weight excluding hydrogens is 514 g/mol. The molecule has 39 heavy (non-hydrogen) atoms. The van der Waals surface area contributed by atoms with Gasteiger partial charge in [0.25, 0.3) is 10.0 Å². The van der Waals surface area contributed by atoms with Gasteiger partial charge in [-0.25, -0.2) is 22.9 Å². The lowest BCUT2D eigenvalue weighted by Crippen LogP contribution is -2.53. The molecule has 0 spiro atoms. The third-order valence-electron chi connectivity index (χ3n) is 6.80. The van der Waals surface area contributed by atoms with Gasteiger partial charge >= 0.3 is 6.03 Å². The van der Waals surface area contributed by atoms with E-state index >= 15 is 0 Å². The lowest BCUT2D eigenvalue weighted by atomic mass is 10.1. The first-order chi connectivity index (χ1) is 18.9. The highest BCUT2D eigenvalue weighted by Crippen LogP contribution is 2.21. The van der Waals surface area contributed by atoms with E-state index in [1.165, 1.54) is 6.20 Å². The molecule has 1 atom stereocenters. The quantitative estimate of drug-likeness (QED) is 0.311. The topological polar surface area (TPSA) is 115 Å². The van der Waals surface area contributed by atoms with Crippen molar-refractivity contribution >= 4 is 32.5 Å². The normalized spacial score (nSPS) is 15.2. The smallest absolute Gasteiger partial charge is 0.321 e. The maximum absolute atomic E-state index is 13.6. The zero-order valence-electron chi connectivity index (χ0n) is 21.4. The number of anilines is 1. The Kier molecular flexibility index (Phi) is 8.06. The number of phenols is 1. The average Bonchev–Trinajstić information content (AvgIpc) is 2.94. The first-order valence-corrected chi connectivity index (χ1v) is 14.3. The van der Waals surface area contributed by atoms with Crippen LogP contribution in [-0.2, 0) is 16.4 Å². The number of fused-ring (bicyclic) bond motifs is 1. The predicted octanol–water partition coefficient (Wildman–Crippen LogP) is 3.68. The number of amides is 2. The number of nitrogens with one attached hydrogen (secondary N) is 2. The van der Waals surface area contributed by atoms with Gasteiger partial charge in [0.1, 0.15) is 5.75 Å². The summed E-state index contributed by atoms with van der Waals surface area (Å²) >= 11 is 0. The first kappa shape index (κ1) is 26.6. The number of para-hydroxylation sites is 1. The summed E-state index contributed by atoms with van der Waals surface area (Å²) in [6.45, 7) is 2.74. The van der Waals surface area contributed by atoms with Crippen LogP contribution in [-0.4, -0.2) is 73.1 Å². The zero-order valence-corrected chi connectivity index (χ0v) is 22.2. The van der Waals surface area contributed by atoms with Gasteiger partial charge in [-0.2, -0.15) is 0 Å². The zero-order chi connectivity index (χ0) is 27.2. The van der Waals surface area contributed by atoms with Crippen LogP contribution in [0.4, 0.5) is 10.5 Å². The molecule has 4 aromatic rings. The Labute approximate surface area is 228 Å². The maximum Gasteiger partial charge on any atom is 0.321 e. The van der Waals surface area contributed by atoms with Crippen LogP contribution >= 0.6 is 0 Å². The van der Waals surface area contributed by atoms with Gasteiger partial charge in [0.15, 0.2) is 5.03 Å². The van der Waals surface area contributed by atoms with Crippen LogP contribution in [0.25, 0.3) is 10.8 Å². The van der Waals surface area contributed by atoms with Crippen molar-refractivity contribution in [1.29, 1.82) is 0 Å². The molecule has 9 nitrogen and oxygen atoms in total. The Hall–Kier alpha value is -3.99. The van der Waals surface area contributed by atoms with E-state index in [2.05, 4.69) is 19.9 Å². The molecule has 1 aromatic heterocycles. The lowest BCUT2D eigenvalue weighted by molar-refractivity contribution is 0.141. The molecular formula is C29H31N5O4S.